The van der Waals surface area contributed by atoms with Crippen molar-refractivity contribution in [2.45, 2.75) is 37.5 Å². The summed E-state index contributed by atoms with van der Waals surface area (Å²) in [5, 5.41) is 24.0. The van der Waals surface area contributed by atoms with Crippen LogP contribution in [0.4, 0.5) is 39.9 Å². The highest BCUT2D eigenvalue weighted by molar-refractivity contribution is 9.10. The van der Waals surface area contributed by atoms with Gasteiger partial charge in [0, 0.05) is 148 Å². The zero-order valence-corrected chi connectivity index (χ0v) is 72.5. The maximum atomic E-state index is 14.9. The van der Waals surface area contributed by atoms with Crippen LogP contribution >= 0.6 is 15.9 Å². The molecule has 22 aromatic rings. The van der Waals surface area contributed by atoms with Crippen LogP contribution in [0.25, 0.3) is 122 Å². The van der Waals surface area contributed by atoms with E-state index in [4.69, 9.17) is 24.8 Å². The summed E-state index contributed by atoms with van der Waals surface area (Å²) in [4.78, 5) is 64.9. The van der Waals surface area contributed by atoms with E-state index >= 15 is 0 Å². The Morgan fingerprint density at radius 1 is 0.351 bits per heavy atom. The maximum absolute atomic E-state index is 14.9. The van der Waals surface area contributed by atoms with Gasteiger partial charge in [-0.25, -0.2) is 66.8 Å². The highest BCUT2D eigenvalue weighted by Gasteiger charge is 2.43. The summed E-state index contributed by atoms with van der Waals surface area (Å²) in [6.45, 7) is 5.27. The molecule has 16 heterocycles. The Balaban J connectivity index is 0.000000122. The first-order valence-corrected chi connectivity index (χ1v) is 42.2. The van der Waals surface area contributed by atoms with Crippen LogP contribution in [0.3, 0.4) is 0 Å². The van der Waals surface area contributed by atoms with Crippen molar-refractivity contribution in [2.75, 3.05) is 0 Å². The molecule has 3 N–H and O–H groups in total. The van der Waals surface area contributed by atoms with Crippen LogP contribution < -0.4 is 5.46 Å². The van der Waals surface area contributed by atoms with Crippen molar-refractivity contribution >= 4 is 131 Å². The number of fused-ring (bicyclic) bond motifs is 12. The Hall–Kier alpha value is -16.2. The topological polar surface area (TPSA) is 252 Å². The average Bonchev–Trinajstić information content (AvgIpc) is 1.53. The first-order valence-electron chi connectivity index (χ1n) is 41.4. The highest BCUT2D eigenvalue weighted by Crippen LogP contribution is 2.49. The van der Waals surface area contributed by atoms with E-state index in [-0.39, 0.29) is 36.4 Å². The smallest absolute Gasteiger partial charge is 0.443 e. The molecule has 0 fully saturated rings. The van der Waals surface area contributed by atoms with Crippen LogP contribution in [-0.4, -0.2) is 116 Å². The van der Waals surface area contributed by atoms with Crippen LogP contribution in [0.5, 0.6) is 0 Å². The van der Waals surface area contributed by atoms with E-state index < -0.39 is 82.4 Å². The molecule has 0 aliphatic carbocycles. The average molecular weight is 1850 g/mol. The number of nitrogens with zero attached hydrogens (tertiary/aromatic N) is 15. The van der Waals surface area contributed by atoms with Gasteiger partial charge in [-0.2, -0.15) is 17.6 Å². The molecule has 0 saturated carbocycles. The molecule has 0 unspecified atom stereocenters. The zero-order chi connectivity index (χ0) is 92.2. The summed E-state index contributed by atoms with van der Waals surface area (Å²) >= 11 is 3.62. The Morgan fingerprint density at radius 2 is 0.679 bits per heavy atom. The number of H-pyrrole nitrogens is 1. The number of ether oxygens (including phenoxy) is 1. The molecule has 0 atom stereocenters. The molecular weight excluding hydrogens is 1780 g/mol. The minimum absolute atomic E-state index is 0. The van der Waals surface area contributed by atoms with Gasteiger partial charge in [0.1, 0.15) is 38.2 Å². The number of hydrogen-bond acceptors (Lipinski definition) is 16. The predicted octanol–water partition coefficient (Wildman–Crippen LogP) is 21.8. The maximum Gasteiger partial charge on any atom is 0.491 e. The molecule has 0 bridgehead atoms. The van der Waals surface area contributed by atoms with Gasteiger partial charge in [0.25, 0.3) is 0 Å². The minimum Gasteiger partial charge on any atom is -0.443 e. The molecule has 0 amide bonds. The summed E-state index contributed by atoms with van der Waals surface area (Å²) in [6.07, 6.45) is 17.9. The highest BCUT2D eigenvalue weighted by atomic mass is 79.9. The zero-order valence-electron chi connectivity index (χ0n) is 71.0. The van der Waals surface area contributed by atoms with Gasteiger partial charge in [0.2, 0.25) is 23.8 Å². The van der Waals surface area contributed by atoms with Gasteiger partial charge >= 0.3 is 13.2 Å². The molecule has 22 rings (SSSR count). The number of carbonyl (C=O) groups is 1. The number of nitrogens with one attached hydrogen (secondary N) is 1. The van der Waals surface area contributed by atoms with Crippen LogP contribution in [0.1, 0.15) is 54.2 Å². The number of aromatic amines is 1. The second-order valence-corrected chi connectivity index (χ2v) is 32.1. The van der Waals surface area contributed by atoms with Crippen molar-refractivity contribution in [3.05, 3.63) is 438 Å². The molecule has 0 saturated heterocycles. The van der Waals surface area contributed by atoms with E-state index in [1.165, 1.54) is 51.9 Å². The Labute approximate surface area is 769 Å². The number of carbonyl (C=O) groups excluding carboxylic acids is 1. The van der Waals surface area contributed by atoms with Gasteiger partial charge in [0.15, 0.2) is 28.9 Å². The normalized spacial score (nSPS) is 11.5. The summed E-state index contributed by atoms with van der Waals surface area (Å²) in [5.74, 6) is -9.29. The molecule has 655 valence electrons. The molecule has 31 heteroatoms. The molecule has 6 aromatic carbocycles. The summed E-state index contributed by atoms with van der Waals surface area (Å²) < 4.78 is 121. The third-order valence-corrected chi connectivity index (χ3v) is 22.8. The van der Waals surface area contributed by atoms with E-state index in [2.05, 4.69) is 219 Å². The fraction of sp³-hybridized carbons (Fsp3) is 0.0583. The Morgan fingerprint density at radius 3 is 1.07 bits per heavy atom. The summed E-state index contributed by atoms with van der Waals surface area (Å²) in [6, 6.07) is 90.1. The van der Waals surface area contributed by atoms with Crippen LogP contribution in [0.15, 0.2) is 358 Å². The fourth-order valence-electron chi connectivity index (χ4n) is 16.7. The SMILES string of the molecule is Brc1ccc2c3cnccc3n(C(c3ccccc3)(c3ccccc3)c3ccccc3)c2n1.CC(C)(C)OC(=O)n1c2ccncc2c2ccc(-c3ccnc(F)c3F)nc21.Fc1nccc(-c2ccc3c(n2)[nH]c2ccncc23)c1F.Fc1nccc(-c2ccc3c4cnccc4n(C(c4ccccc4)(c4ccccc4)c4ccccc4)c3n2)c1F.OB(O)c1ccnc(F)c1F.[B]. The summed E-state index contributed by atoms with van der Waals surface area (Å²) in [5.41, 5.74) is 10.6. The monoisotopic (exact) mass is 1850 g/mol. The molecule has 16 aromatic heterocycles. The van der Waals surface area contributed by atoms with E-state index in [1.54, 1.807) is 82.1 Å². The number of pyridine rings is 12. The first kappa shape index (κ1) is 89.7. The van der Waals surface area contributed by atoms with E-state index in [0.717, 1.165) is 94.3 Å². The van der Waals surface area contributed by atoms with Crippen molar-refractivity contribution in [1.82, 2.24) is 78.5 Å². The second-order valence-electron chi connectivity index (χ2n) is 31.3. The van der Waals surface area contributed by atoms with E-state index in [0.29, 0.717) is 39.0 Å². The van der Waals surface area contributed by atoms with Gasteiger partial charge in [-0.3, -0.25) is 19.9 Å². The standard InChI is InChI=1S/C34H22F2N4.C29H20BrN3.C20H16F2N4O2.C15H8F2N4.C5H4BF2NO2.B/c35-31-27(18-21-38-32(31)36)29-17-16-26-28-22-37-20-19-30(28)40(33(26)39-29)34(23-10-4-1-5-11-23,24-12-6-2-7-13-24)25-14-8-3-9-15-25;30-27-17-16-24-25-20-31-19-18-26(25)33(28(24)32-27)29(21-10-4-1-5-11-21,22-12-6-2-7-13-22)23-14-8-3-9-15-23;1-20(2,3)28-19(27)26-15-7-8-23-10-13(15)11-4-5-14(25-18(11)26)12-6-9-24-17(22)16(12)21;16-13-9(3-6-19-14(13)17)11-2-1-8-10-7-18-5-4-12(10)21-15(8)20-11;7-4-3(6(10)11)1-2-9-5(4)8;/h1-22H;1-20H;4-10H,1-3H3;1-7H,(H,20,21);1-2,10-11H;. The lowest BCUT2D eigenvalue weighted by molar-refractivity contribution is 0.0550. The van der Waals surface area contributed by atoms with E-state index in [9.17, 15) is 39.9 Å². The molecule has 134 heavy (non-hydrogen) atoms. The first-order chi connectivity index (χ1) is 64.6. The van der Waals surface area contributed by atoms with Crippen molar-refractivity contribution in [2.24, 2.45) is 0 Å². The molecule has 0 spiro atoms. The third-order valence-electron chi connectivity index (χ3n) is 22.4. The minimum atomic E-state index is -2.01. The fourth-order valence-corrected chi connectivity index (χ4v) is 17.0. The van der Waals surface area contributed by atoms with E-state index in [1.807, 2.05) is 104 Å². The second kappa shape index (κ2) is 38.1. The van der Waals surface area contributed by atoms with Crippen molar-refractivity contribution in [3.8, 4) is 33.8 Å². The summed E-state index contributed by atoms with van der Waals surface area (Å²) in [7, 11) is -2.01. The van der Waals surface area contributed by atoms with Crippen molar-refractivity contribution in [3.63, 3.8) is 0 Å². The van der Waals surface area contributed by atoms with Crippen LogP contribution in [0, 0.1) is 47.1 Å². The lowest BCUT2D eigenvalue weighted by Gasteiger charge is -2.38. The lowest BCUT2D eigenvalue weighted by Crippen LogP contribution is -2.37. The molecule has 0 aliphatic heterocycles. The van der Waals surface area contributed by atoms with Crippen LogP contribution in [0.2, 0.25) is 0 Å². The molecular formula is C103H70B2BrF8N16O4. The predicted molar refractivity (Wildman–Crippen MR) is 504 cm³/mol. The van der Waals surface area contributed by atoms with Gasteiger partial charge in [-0.05, 0) is 167 Å². The number of hydrogen-bond donors (Lipinski definition) is 3. The largest absolute Gasteiger partial charge is 0.491 e. The number of rotatable bonds is 12. The quantitative estimate of drug-likeness (QED) is 0.0445. The number of benzene rings is 6. The lowest BCUT2D eigenvalue weighted by atomic mass is 9.76. The van der Waals surface area contributed by atoms with Gasteiger partial charge in [-0.1, -0.05) is 182 Å². The van der Waals surface area contributed by atoms with Gasteiger partial charge in [0.05, 0.1) is 39.1 Å². The van der Waals surface area contributed by atoms with Gasteiger partial charge in [-0.15, -0.1) is 0 Å². The third kappa shape index (κ3) is 16.9. The Kier molecular flexibility index (Phi) is 25.5. The molecule has 0 aliphatic rings. The van der Waals surface area contributed by atoms with Crippen molar-refractivity contribution in [1.29, 1.82) is 0 Å². The molecule has 3 radical (unpaired) electrons. The van der Waals surface area contributed by atoms with Crippen molar-refractivity contribution < 1.29 is 54.7 Å². The van der Waals surface area contributed by atoms with Crippen LogP contribution in [-0.2, 0) is 15.8 Å². The number of halogens is 9. The molecule has 20 nitrogen and oxygen atoms in total. The Bertz CT molecular complexity index is 7890. The number of aromatic nitrogens is 16. The van der Waals surface area contributed by atoms with Gasteiger partial charge < -0.3 is 28.9 Å².